The number of carbonyl (C=O) groups is 3. The Morgan fingerprint density at radius 1 is 1.05 bits per heavy atom. The molecule has 0 spiro atoms. The van der Waals surface area contributed by atoms with Gasteiger partial charge >= 0.3 is 0 Å². The molecule has 1 N–H and O–H groups in total. The van der Waals surface area contributed by atoms with Gasteiger partial charge in [0.2, 0.25) is 5.91 Å². The number of carbonyl (C=O) groups excluding carboxylic acids is 3. The van der Waals surface area contributed by atoms with Crippen LogP contribution in [0.5, 0.6) is 0 Å². The molecule has 0 aliphatic carbocycles. The van der Waals surface area contributed by atoms with E-state index in [1.54, 1.807) is 11.3 Å². The topological polar surface area (TPSA) is 79.4 Å². The van der Waals surface area contributed by atoms with Gasteiger partial charge in [0.15, 0.2) is 5.78 Å². The standard InChI is InChI=1S/C33H43N3O3S/c1-7-28(37)18-26(20-32-35-29-15-13-25(22(2)3)19-31(29)40-32)33(39)34-27(17-24-11-9-8-10-12-24)14-16-30(38)23(4)21-36(5)6/h8-13,15,19,22,26-27H,4,7,14,16-18,20-21H2,1-3,5-6H3,(H,34,39)/t26-,27+/m0/s1. The summed E-state index contributed by atoms with van der Waals surface area (Å²) in [6.07, 6.45) is 2.38. The minimum Gasteiger partial charge on any atom is -0.353 e. The smallest absolute Gasteiger partial charge is 0.224 e. The zero-order valence-corrected chi connectivity index (χ0v) is 25.4. The Balaban J connectivity index is 1.78. The van der Waals surface area contributed by atoms with Crippen LogP contribution in [0.2, 0.25) is 0 Å². The maximum Gasteiger partial charge on any atom is 0.224 e. The Morgan fingerprint density at radius 2 is 1.77 bits per heavy atom. The number of aromatic nitrogens is 1. The molecule has 40 heavy (non-hydrogen) atoms. The highest BCUT2D eigenvalue weighted by atomic mass is 32.1. The van der Waals surface area contributed by atoms with Crippen molar-refractivity contribution in [1.29, 1.82) is 0 Å². The third-order valence-electron chi connectivity index (χ3n) is 7.08. The Bertz CT molecular complexity index is 1310. The molecule has 3 aromatic rings. The van der Waals surface area contributed by atoms with E-state index >= 15 is 0 Å². The molecule has 0 saturated heterocycles. The maximum atomic E-state index is 13.7. The van der Waals surface area contributed by atoms with Crippen molar-refractivity contribution in [1.82, 2.24) is 15.2 Å². The van der Waals surface area contributed by atoms with Crippen LogP contribution in [-0.2, 0) is 27.2 Å². The summed E-state index contributed by atoms with van der Waals surface area (Å²) in [5, 5.41) is 4.06. The van der Waals surface area contributed by atoms with E-state index in [0.29, 0.717) is 50.1 Å². The number of nitrogens with zero attached hydrogens (tertiary/aromatic N) is 2. The molecule has 1 aromatic heterocycles. The van der Waals surface area contributed by atoms with E-state index < -0.39 is 5.92 Å². The molecule has 0 aliphatic rings. The molecule has 6 nitrogen and oxygen atoms in total. The molecule has 0 bridgehead atoms. The fourth-order valence-electron chi connectivity index (χ4n) is 4.72. The van der Waals surface area contributed by atoms with Crippen molar-refractivity contribution < 1.29 is 14.4 Å². The van der Waals surface area contributed by atoms with Gasteiger partial charge in [0.05, 0.1) is 21.1 Å². The van der Waals surface area contributed by atoms with Gasteiger partial charge in [-0.3, -0.25) is 14.4 Å². The Hall–Kier alpha value is -3.16. The molecule has 2 aromatic carbocycles. The van der Waals surface area contributed by atoms with Crippen molar-refractivity contribution in [3.63, 3.8) is 0 Å². The molecule has 1 amide bonds. The van der Waals surface area contributed by atoms with Gasteiger partial charge in [-0.05, 0) is 56.1 Å². The normalized spacial score (nSPS) is 13.0. The van der Waals surface area contributed by atoms with Gasteiger partial charge in [-0.15, -0.1) is 11.3 Å². The van der Waals surface area contributed by atoms with Crippen molar-refractivity contribution in [2.75, 3.05) is 20.6 Å². The number of hydrogen-bond donors (Lipinski definition) is 1. The predicted octanol–water partition coefficient (Wildman–Crippen LogP) is 6.14. The summed E-state index contributed by atoms with van der Waals surface area (Å²) in [6, 6.07) is 16.0. The van der Waals surface area contributed by atoms with E-state index in [1.165, 1.54) is 5.56 Å². The maximum absolute atomic E-state index is 13.7. The van der Waals surface area contributed by atoms with E-state index in [1.807, 2.05) is 62.3 Å². The molecule has 3 rings (SSSR count). The van der Waals surface area contributed by atoms with Crippen LogP contribution >= 0.6 is 11.3 Å². The average molecular weight is 562 g/mol. The van der Waals surface area contributed by atoms with E-state index in [2.05, 4.69) is 37.9 Å². The summed E-state index contributed by atoms with van der Waals surface area (Å²) in [4.78, 5) is 45.6. The molecule has 1 heterocycles. The lowest BCUT2D eigenvalue weighted by atomic mass is 9.94. The van der Waals surface area contributed by atoms with Crippen LogP contribution in [0.25, 0.3) is 10.2 Å². The van der Waals surface area contributed by atoms with E-state index in [4.69, 9.17) is 4.98 Å². The van der Waals surface area contributed by atoms with E-state index in [9.17, 15) is 14.4 Å². The highest BCUT2D eigenvalue weighted by molar-refractivity contribution is 7.18. The van der Waals surface area contributed by atoms with Gasteiger partial charge in [0, 0.05) is 43.8 Å². The van der Waals surface area contributed by atoms with E-state index in [0.717, 1.165) is 20.8 Å². The van der Waals surface area contributed by atoms with E-state index in [-0.39, 0.29) is 29.9 Å². The van der Waals surface area contributed by atoms with Gasteiger partial charge in [-0.1, -0.05) is 63.7 Å². The summed E-state index contributed by atoms with van der Waals surface area (Å²) in [5.41, 5.74) is 3.83. The number of hydrogen-bond acceptors (Lipinski definition) is 6. The van der Waals surface area contributed by atoms with Gasteiger partial charge in [0.25, 0.3) is 0 Å². The lowest BCUT2D eigenvalue weighted by molar-refractivity contribution is -0.130. The van der Waals surface area contributed by atoms with Crippen LogP contribution in [0.1, 0.15) is 68.5 Å². The molecule has 0 unspecified atom stereocenters. The van der Waals surface area contributed by atoms with Crippen LogP contribution < -0.4 is 5.32 Å². The second kappa shape index (κ2) is 15.0. The quantitative estimate of drug-likeness (QED) is 0.213. The first kappa shape index (κ1) is 31.4. The summed E-state index contributed by atoms with van der Waals surface area (Å²) in [5.74, 6) is -0.198. The fourth-order valence-corrected chi connectivity index (χ4v) is 5.81. The molecular formula is C33H43N3O3S. The number of ketones is 2. The number of benzene rings is 2. The minimum absolute atomic E-state index is 0.00830. The number of thiazole rings is 1. The molecule has 214 valence electrons. The number of likely N-dealkylation sites (N-methyl/N-ethyl adjacent to an activating group) is 1. The first-order valence-corrected chi connectivity index (χ1v) is 15.0. The summed E-state index contributed by atoms with van der Waals surface area (Å²) in [7, 11) is 3.81. The highest BCUT2D eigenvalue weighted by Gasteiger charge is 2.26. The van der Waals surface area contributed by atoms with Gasteiger partial charge < -0.3 is 10.2 Å². The monoisotopic (exact) mass is 561 g/mol. The summed E-state index contributed by atoms with van der Waals surface area (Å²) < 4.78 is 1.10. The minimum atomic E-state index is -0.518. The molecule has 0 radical (unpaired) electrons. The van der Waals surface area contributed by atoms with Crippen molar-refractivity contribution >= 4 is 39.0 Å². The van der Waals surface area contributed by atoms with Crippen molar-refractivity contribution in [2.45, 2.75) is 71.3 Å². The predicted molar refractivity (Wildman–Crippen MR) is 165 cm³/mol. The number of nitrogens with one attached hydrogen (secondary N) is 1. The Morgan fingerprint density at radius 3 is 2.42 bits per heavy atom. The molecule has 7 heteroatoms. The Labute approximate surface area is 242 Å². The van der Waals surface area contributed by atoms with Gasteiger partial charge in [-0.2, -0.15) is 0 Å². The van der Waals surface area contributed by atoms with Gasteiger partial charge in [-0.25, -0.2) is 4.98 Å². The lowest BCUT2D eigenvalue weighted by Gasteiger charge is -2.23. The molecule has 0 aliphatic heterocycles. The van der Waals surface area contributed by atoms with Crippen LogP contribution in [0.15, 0.2) is 60.7 Å². The van der Waals surface area contributed by atoms with Crippen molar-refractivity contribution in [3.8, 4) is 0 Å². The lowest BCUT2D eigenvalue weighted by Crippen LogP contribution is -2.41. The zero-order chi connectivity index (χ0) is 29.2. The van der Waals surface area contributed by atoms with Crippen molar-refractivity contribution in [3.05, 3.63) is 76.8 Å². The summed E-state index contributed by atoms with van der Waals surface area (Å²) >= 11 is 1.59. The fraction of sp³-hybridized carbons (Fsp3) is 0.455. The third-order valence-corrected chi connectivity index (χ3v) is 8.12. The van der Waals surface area contributed by atoms with Crippen LogP contribution in [0.3, 0.4) is 0 Å². The average Bonchev–Trinajstić information content (AvgIpc) is 3.32. The molecular weight excluding hydrogens is 518 g/mol. The largest absolute Gasteiger partial charge is 0.353 e. The number of amides is 1. The van der Waals surface area contributed by atoms with Crippen LogP contribution in [0, 0.1) is 5.92 Å². The first-order valence-electron chi connectivity index (χ1n) is 14.2. The third kappa shape index (κ3) is 9.49. The Kier molecular flexibility index (Phi) is 11.8. The second-order valence-electron chi connectivity index (χ2n) is 11.2. The molecule has 0 saturated carbocycles. The number of Topliss-reactive ketones (excluding diaryl/α,β-unsaturated/α-hetero) is 2. The number of rotatable bonds is 16. The van der Waals surface area contributed by atoms with Crippen molar-refractivity contribution in [2.24, 2.45) is 5.92 Å². The molecule has 2 atom stereocenters. The zero-order valence-electron chi connectivity index (χ0n) is 24.5. The number of fused-ring (bicyclic) bond motifs is 1. The van der Waals surface area contributed by atoms with Gasteiger partial charge in [0.1, 0.15) is 5.78 Å². The highest BCUT2D eigenvalue weighted by Crippen LogP contribution is 2.28. The SMILES string of the molecule is C=C(CN(C)C)C(=O)CC[C@H](Cc1ccccc1)NC(=O)[C@@H](CC(=O)CC)Cc1nc2ccc(C(C)C)cc2s1. The van der Waals surface area contributed by atoms with Crippen LogP contribution in [-0.4, -0.2) is 54.0 Å². The van der Waals surface area contributed by atoms with Crippen LogP contribution in [0.4, 0.5) is 0 Å². The molecule has 0 fully saturated rings. The summed E-state index contributed by atoms with van der Waals surface area (Å²) in [6.45, 7) is 10.6. The first-order chi connectivity index (χ1) is 19.0. The second-order valence-corrected chi connectivity index (χ2v) is 12.3.